The summed E-state index contributed by atoms with van der Waals surface area (Å²) in [5, 5.41) is 3.35. The van der Waals surface area contributed by atoms with Gasteiger partial charge in [-0.2, -0.15) is 0 Å². The number of nitrogens with zero attached hydrogens (tertiary/aromatic N) is 3. The first-order valence-electron chi connectivity index (χ1n) is 9.33. The van der Waals surface area contributed by atoms with Gasteiger partial charge in [-0.25, -0.2) is 4.98 Å². The second-order valence-corrected chi connectivity index (χ2v) is 8.13. The summed E-state index contributed by atoms with van der Waals surface area (Å²) < 4.78 is 2.20. The zero-order valence-electron chi connectivity index (χ0n) is 16.3. The molecule has 3 rings (SSSR count). The second-order valence-electron chi connectivity index (χ2n) is 6.82. The molecule has 1 aliphatic rings. The maximum atomic E-state index is 13.1. The van der Waals surface area contributed by atoms with Crippen LogP contribution in [0.3, 0.4) is 0 Å². The van der Waals surface area contributed by atoms with Crippen molar-refractivity contribution in [2.45, 2.75) is 57.5 Å². The minimum absolute atomic E-state index is 0.0447. The summed E-state index contributed by atoms with van der Waals surface area (Å²) in [5.74, 6) is -0.252. The van der Waals surface area contributed by atoms with Gasteiger partial charge in [0.05, 0.1) is 22.3 Å². The van der Waals surface area contributed by atoms with Crippen molar-refractivity contribution in [3.8, 4) is 0 Å². The van der Waals surface area contributed by atoms with E-state index in [-0.39, 0.29) is 23.6 Å². The minimum Gasteiger partial charge on any atom is -0.323 e. The summed E-state index contributed by atoms with van der Waals surface area (Å²) >= 11 is 1.46. The molecule has 0 bridgehead atoms. The minimum atomic E-state index is -0.342. The number of rotatable bonds is 6. The van der Waals surface area contributed by atoms with Gasteiger partial charge in [-0.3, -0.25) is 14.5 Å². The Hall–Kier alpha value is -2.28. The molecule has 0 saturated heterocycles. The van der Waals surface area contributed by atoms with E-state index in [1.165, 1.54) is 11.8 Å². The van der Waals surface area contributed by atoms with Crippen LogP contribution in [0.25, 0.3) is 0 Å². The summed E-state index contributed by atoms with van der Waals surface area (Å²) in [6.07, 6.45) is 2.18. The lowest BCUT2D eigenvalue weighted by Crippen LogP contribution is -2.45. The third-order valence-electron chi connectivity index (χ3n) is 4.82. The fourth-order valence-electron chi connectivity index (χ4n) is 3.15. The number of fused-ring (bicyclic) bond motifs is 1. The SMILES string of the molecule is CCCCn1c(S[C@@H](C)C(=O)N2CC(=O)Nc3ccccc32)nc(C)c1C. The van der Waals surface area contributed by atoms with Gasteiger partial charge in [0.1, 0.15) is 6.54 Å². The molecule has 0 fully saturated rings. The highest BCUT2D eigenvalue weighted by Crippen LogP contribution is 2.32. The van der Waals surface area contributed by atoms with Gasteiger partial charge < -0.3 is 9.88 Å². The number of thioether (sulfide) groups is 1. The highest BCUT2D eigenvalue weighted by molar-refractivity contribution is 8.00. The standard InChI is InChI=1S/C20H26N4O2S/c1-5-6-11-23-14(3)13(2)21-20(23)27-15(4)19(26)24-12-18(25)22-16-9-7-8-10-17(16)24/h7-10,15H,5-6,11-12H2,1-4H3,(H,22,25)/t15-/m0/s1. The van der Waals surface area contributed by atoms with Crippen LogP contribution in [0.5, 0.6) is 0 Å². The number of hydrogen-bond donors (Lipinski definition) is 1. The molecule has 27 heavy (non-hydrogen) atoms. The molecule has 2 amide bonds. The van der Waals surface area contributed by atoms with Gasteiger partial charge in [0.15, 0.2) is 5.16 Å². The highest BCUT2D eigenvalue weighted by Gasteiger charge is 2.31. The van der Waals surface area contributed by atoms with Gasteiger partial charge in [0.2, 0.25) is 11.8 Å². The summed E-state index contributed by atoms with van der Waals surface area (Å²) in [6.45, 7) is 9.06. The molecule has 2 aromatic rings. The second kappa shape index (κ2) is 8.17. The molecule has 1 aliphatic heterocycles. The quantitative estimate of drug-likeness (QED) is 0.768. The lowest BCUT2D eigenvalue weighted by molar-refractivity contribution is -0.121. The normalized spacial score (nSPS) is 14.7. The van der Waals surface area contributed by atoms with Crippen LogP contribution in [0.1, 0.15) is 38.1 Å². The third kappa shape index (κ3) is 4.03. The van der Waals surface area contributed by atoms with Gasteiger partial charge >= 0.3 is 0 Å². The van der Waals surface area contributed by atoms with Crippen molar-refractivity contribution in [2.24, 2.45) is 0 Å². The van der Waals surface area contributed by atoms with Crippen molar-refractivity contribution in [3.05, 3.63) is 35.7 Å². The molecular weight excluding hydrogens is 360 g/mol. The average molecular weight is 387 g/mol. The lowest BCUT2D eigenvalue weighted by Gasteiger charge is -2.30. The molecule has 2 heterocycles. The number of aryl methyl sites for hydroxylation is 1. The van der Waals surface area contributed by atoms with E-state index < -0.39 is 0 Å². The predicted octanol–water partition coefficient (Wildman–Crippen LogP) is 3.77. The van der Waals surface area contributed by atoms with Crippen LogP contribution in [0.4, 0.5) is 11.4 Å². The van der Waals surface area contributed by atoms with Crippen molar-refractivity contribution in [1.82, 2.24) is 9.55 Å². The van der Waals surface area contributed by atoms with Crippen molar-refractivity contribution in [1.29, 1.82) is 0 Å². The molecule has 0 radical (unpaired) electrons. The average Bonchev–Trinajstić information content (AvgIpc) is 2.91. The fourth-order valence-corrected chi connectivity index (χ4v) is 4.24. The van der Waals surface area contributed by atoms with Gasteiger partial charge in [0.25, 0.3) is 0 Å². The van der Waals surface area contributed by atoms with E-state index in [2.05, 4.69) is 28.7 Å². The molecule has 0 aliphatic carbocycles. The van der Waals surface area contributed by atoms with E-state index in [1.54, 1.807) is 4.90 Å². The Kier molecular flexibility index (Phi) is 5.89. The molecular formula is C20H26N4O2S. The molecule has 1 aromatic heterocycles. The number of benzene rings is 1. The summed E-state index contributed by atoms with van der Waals surface area (Å²) in [6, 6.07) is 7.40. The Labute approximate surface area is 164 Å². The van der Waals surface area contributed by atoms with Gasteiger partial charge in [-0.05, 0) is 39.3 Å². The topological polar surface area (TPSA) is 67.2 Å². The van der Waals surface area contributed by atoms with E-state index in [0.717, 1.165) is 41.6 Å². The zero-order valence-corrected chi connectivity index (χ0v) is 17.1. The number of unbranched alkanes of at least 4 members (excludes halogenated alkanes) is 1. The number of amides is 2. The van der Waals surface area contributed by atoms with Crippen LogP contribution in [0.15, 0.2) is 29.4 Å². The van der Waals surface area contributed by atoms with Crippen molar-refractivity contribution in [3.63, 3.8) is 0 Å². The van der Waals surface area contributed by atoms with Crippen molar-refractivity contribution < 1.29 is 9.59 Å². The Balaban J connectivity index is 1.81. The molecule has 0 unspecified atom stereocenters. The maximum absolute atomic E-state index is 13.1. The van der Waals surface area contributed by atoms with Gasteiger partial charge in [0, 0.05) is 12.2 Å². The largest absolute Gasteiger partial charge is 0.323 e. The first-order valence-corrected chi connectivity index (χ1v) is 10.2. The lowest BCUT2D eigenvalue weighted by atomic mass is 10.2. The highest BCUT2D eigenvalue weighted by atomic mass is 32.2. The predicted molar refractivity (Wildman–Crippen MR) is 109 cm³/mol. The van der Waals surface area contributed by atoms with Crippen LogP contribution in [0, 0.1) is 13.8 Å². The van der Waals surface area contributed by atoms with E-state index in [1.807, 2.05) is 38.1 Å². The summed E-state index contributed by atoms with van der Waals surface area (Å²) in [7, 11) is 0. The molecule has 1 atom stereocenters. The summed E-state index contributed by atoms with van der Waals surface area (Å²) in [4.78, 5) is 31.4. The Morgan fingerprint density at radius 1 is 1.33 bits per heavy atom. The maximum Gasteiger partial charge on any atom is 0.244 e. The number of carbonyl (C=O) groups excluding carboxylic acids is 2. The van der Waals surface area contributed by atoms with Crippen LogP contribution >= 0.6 is 11.8 Å². The molecule has 7 heteroatoms. The van der Waals surface area contributed by atoms with E-state index in [0.29, 0.717) is 5.69 Å². The Bertz CT molecular complexity index is 862. The molecule has 0 spiro atoms. The number of imidazole rings is 1. The van der Waals surface area contributed by atoms with Crippen LogP contribution in [0.2, 0.25) is 0 Å². The van der Waals surface area contributed by atoms with Crippen LogP contribution in [-0.4, -0.2) is 33.2 Å². The third-order valence-corrected chi connectivity index (χ3v) is 5.90. The molecule has 1 N–H and O–H groups in total. The number of hydrogen-bond acceptors (Lipinski definition) is 4. The van der Waals surface area contributed by atoms with E-state index in [9.17, 15) is 9.59 Å². The number of para-hydroxylation sites is 2. The molecule has 1 aromatic carbocycles. The number of nitrogens with one attached hydrogen (secondary N) is 1. The number of anilines is 2. The molecule has 0 saturated carbocycles. The number of carbonyl (C=O) groups is 2. The van der Waals surface area contributed by atoms with Gasteiger partial charge in [-0.1, -0.05) is 37.2 Å². The first-order chi connectivity index (χ1) is 12.9. The van der Waals surface area contributed by atoms with E-state index >= 15 is 0 Å². The van der Waals surface area contributed by atoms with Crippen molar-refractivity contribution in [2.75, 3.05) is 16.8 Å². The van der Waals surface area contributed by atoms with Crippen molar-refractivity contribution >= 4 is 35.0 Å². The number of aromatic nitrogens is 2. The zero-order chi connectivity index (χ0) is 19.6. The monoisotopic (exact) mass is 386 g/mol. The Morgan fingerprint density at radius 3 is 2.81 bits per heavy atom. The fraction of sp³-hybridized carbons (Fsp3) is 0.450. The van der Waals surface area contributed by atoms with E-state index in [4.69, 9.17) is 0 Å². The van der Waals surface area contributed by atoms with Gasteiger partial charge in [-0.15, -0.1) is 0 Å². The van der Waals surface area contributed by atoms with Crippen LogP contribution < -0.4 is 10.2 Å². The molecule has 6 nitrogen and oxygen atoms in total. The molecule has 144 valence electrons. The Morgan fingerprint density at radius 2 is 2.07 bits per heavy atom. The summed E-state index contributed by atoms with van der Waals surface area (Å²) in [5.41, 5.74) is 3.57. The first kappa shape index (κ1) is 19.5. The van der Waals surface area contributed by atoms with Crippen LogP contribution in [-0.2, 0) is 16.1 Å². The smallest absolute Gasteiger partial charge is 0.244 e.